The monoisotopic (exact) mass is 403 g/mol. The van der Waals surface area contributed by atoms with Crippen LogP contribution in [0.25, 0.3) is 23.0 Å². The maximum Gasteiger partial charge on any atom is 0.416 e. The Morgan fingerprint density at radius 2 is 2.00 bits per heavy atom. The molecule has 0 saturated heterocycles. The van der Waals surface area contributed by atoms with Crippen molar-refractivity contribution in [1.82, 2.24) is 10.2 Å². The standard InChI is InChI=1S/C18H9ClF3N5O/c19-14-3-1-10(18(20,21)22)6-12(14)15-4-2-11(28-15)5-9(7-23)16-13(8-24)17(25)27-26-16/h1-6H,(H3,25,26,27). The fourth-order valence-electron chi connectivity index (χ4n) is 2.43. The van der Waals surface area contributed by atoms with E-state index in [9.17, 15) is 18.4 Å². The van der Waals surface area contributed by atoms with E-state index in [1.807, 2.05) is 12.1 Å². The summed E-state index contributed by atoms with van der Waals surface area (Å²) >= 11 is 6.00. The van der Waals surface area contributed by atoms with Crippen LogP contribution in [0, 0.1) is 22.7 Å². The molecule has 0 radical (unpaired) electrons. The second-order valence-electron chi connectivity index (χ2n) is 5.53. The third-order valence-electron chi connectivity index (χ3n) is 3.77. The van der Waals surface area contributed by atoms with Crippen molar-refractivity contribution in [2.45, 2.75) is 6.18 Å². The van der Waals surface area contributed by atoms with Crippen LogP contribution in [0.1, 0.15) is 22.6 Å². The Kier molecular flexibility index (Phi) is 4.87. The number of nitrogen functional groups attached to an aromatic ring is 1. The summed E-state index contributed by atoms with van der Waals surface area (Å²) in [6.45, 7) is 0. The van der Waals surface area contributed by atoms with E-state index in [1.165, 1.54) is 18.2 Å². The Morgan fingerprint density at radius 1 is 1.25 bits per heavy atom. The van der Waals surface area contributed by atoms with Crippen LogP contribution < -0.4 is 5.73 Å². The van der Waals surface area contributed by atoms with E-state index < -0.39 is 11.7 Å². The number of nitrogens with one attached hydrogen (secondary N) is 1. The molecule has 3 aromatic rings. The number of alkyl halides is 3. The van der Waals surface area contributed by atoms with Crippen molar-refractivity contribution >= 4 is 29.1 Å². The number of furan rings is 1. The summed E-state index contributed by atoms with van der Waals surface area (Å²) in [5, 5.41) is 24.7. The van der Waals surface area contributed by atoms with Crippen LogP contribution >= 0.6 is 11.6 Å². The van der Waals surface area contributed by atoms with Crippen molar-refractivity contribution in [2.24, 2.45) is 0 Å². The van der Waals surface area contributed by atoms with Gasteiger partial charge in [0.05, 0.1) is 21.9 Å². The molecule has 2 heterocycles. The number of H-pyrrole nitrogens is 1. The number of hydrogen-bond donors (Lipinski definition) is 2. The highest BCUT2D eigenvalue weighted by Gasteiger charge is 2.31. The number of nitrogens with zero attached hydrogens (tertiary/aromatic N) is 3. The fourth-order valence-corrected chi connectivity index (χ4v) is 2.64. The van der Waals surface area contributed by atoms with Crippen LogP contribution in [0.5, 0.6) is 0 Å². The number of halogens is 4. The highest BCUT2D eigenvalue weighted by atomic mass is 35.5. The van der Waals surface area contributed by atoms with E-state index in [2.05, 4.69) is 10.2 Å². The van der Waals surface area contributed by atoms with Crippen LogP contribution in [-0.2, 0) is 6.18 Å². The first kappa shape index (κ1) is 19.1. The van der Waals surface area contributed by atoms with Gasteiger partial charge in [0.2, 0.25) is 0 Å². The first-order valence-electron chi connectivity index (χ1n) is 7.57. The van der Waals surface area contributed by atoms with Gasteiger partial charge >= 0.3 is 6.18 Å². The van der Waals surface area contributed by atoms with Crippen LogP contribution in [0.3, 0.4) is 0 Å². The van der Waals surface area contributed by atoms with E-state index in [4.69, 9.17) is 27.0 Å². The number of aromatic amines is 1. The molecule has 0 bridgehead atoms. The third-order valence-corrected chi connectivity index (χ3v) is 4.10. The lowest BCUT2D eigenvalue weighted by Gasteiger charge is -2.09. The van der Waals surface area contributed by atoms with Gasteiger partial charge in [-0.25, -0.2) is 0 Å². The Hall–Kier alpha value is -3.69. The second-order valence-corrected chi connectivity index (χ2v) is 5.94. The van der Waals surface area contributed by atoms with Crippen molar-refractivity contribution < 1.29 is 17.6 Å². The van der Waals surface area contributed by atoms with Crippen LogP contribution in [0.2, 0.25) is 5.02 Å². The highest BCUT2D eigenvalue weighted by molar-refractivity contribution is 6.33. The molecular formula is C18H9ClF3N5O. The lowest BCUT2D eigenvalue weighted by molar-refractivity contribution is -0.137. The smallest absolute Gasteiger partial charge is 0.416 e. The highest BCUT2D eigenvalue weighted by Crippen LogP contribution is 2.37. The van der Waals surface area contributed by atoms with Crippen molar-refractivity contribution in [2.75, 3.05) is 5.73 Å². The Morgan fingerprint density at radius 3 is 2.64 bits per heavy atom. The lowest BCUT2D eigenvalue weighted by atomic mass is 10.1. The number of benzene rings is 1. The minimum Gasteiger partial charge on any atom is -0.457 e. The van der Waals surface area contributed by atoms with Crippen LogP contribution in [0.4, 0.5) is 19.0 Å². The number of nitriles is 2. The summed E-state index contributed by atoms with van der Waals surface area (Å²) < 4.78 is 44.3. The minimum atomic E-state index is -4.53. The second kappa shape index (κ2) is 7.14. The molecule has 3 rings (SSSR count). The van der Waals surface area contributed by atoms with Crippen LogP contribution in [-0.4, -0.2) is 10.2 Å². The largest absolute Gasteiger partial charge is 0.457 e. The third kappa shape index (κ3) is 3.56. The normalized spacial score (nSPS) is 11.9. The predicted molar refractivity (Wildman–Crippen MR) is 95.4 cm³/mol. The SMILES string of the molecule is N#CC(=Cc1ccc(-c2cc(C(F)(F)F)ccc2Cl)o1)c1[nH]nc(N)c1C#N. The van der Waals surface area contributed by atoms with Crippen LogP contribution in [0.15, 0.2) is 34.7 Å². The predicted octanol–water partition coefficient (Wildman–Crippen LogP) is 4.86. The van der Waals surface area contributed by atoms with E-state index in [1.54, 1.807) is 0 Å². The summed E-state index contributed by atoms with van der Waals surface area (Å²) in [4.78, 5) is 0. The average molecular weight is 404 g/mol. The molecule has 0 unspecified atom stereocenters. The van der Waals surface area contributed by atoms with E-state index >= 15 is 0 Å². The number of rotatable bonds is 3. The molecule has 0 fully saturated rings. The summed E-state index contributed by atoms with van der Waals surface area (Å²) in [5.41, 5.74) is 4.86. The first-order chi connectivity index (χ1) is 13.2. The molecule has 1 aromatic carbocycles. The van der Waals surface area contributed by atoms with Gasteiger partial charge in [-0.1, -0.05) is 11.6 Å². The molecule has 140 valence electrons. The molecule has 2 aromatic heterocycles. The summed E-state index contributed by atoms with van der Waals surface area (Å²) in [7, 11) is 0. The molecule has 6 nitrogen and oxygen atoms in total. The van der Waals surface area contributed by atoms with E-state index in [0.29, 0.717) is 0 Å². The van der Waals surface area contributed by atoms with E-state index in [0.717, 1.165) is 18.2 Å². The molecule has 10 heteroatoms. The molecule has 3 N–H and O–H groups in total. The number of allylic oxidation sites excluding steroid dienone is 1. The van der Waals surface area contributed by atoms with Gasteiger partial charge in [0.1, 0.15) is 29.2 Å². The Bertz CT molecular complexity index is 1160. The molecule has 0 spiro atoms. The quantitative estimate of drug-likeness (QED) is 0.606. The summed E-state index contributed by atoms with van der Waals surface area (Å²) in [6.07, 6.45) is -3.23. The van der Waals surface area contributed by atoms with Gasteiger partial charge in [-0.05, 0) is 30.3 Å². The molecule has 0 atom stereocenters. The van der Waals surface area contributed by atoms with Crippen molar-refractivity contribution in [3.63, 3.8) is 0 Å². The maximum absolute atomic E-state index is 12.9. The topological polar surface area (TPSA) is 115 Å². The zero-order valence-corrected chi connectivity index (χ0v) is 14.6. The zero-order chi connectivity index (χ0) is 20.5. The molecular weight excluding hydrogens is 395 g/mol. The molecule has 0 saturated carbocycles. The van der Waals surface area contributed by atoms with Gasteiger partial charge in [0.25, 0.3) is 0 Å². The van der Waals surface area contributed by atoms with Crippen molar-refractivity contribution in [3.8, 4) is 23.5 Å². The summed E-state index contributed by atoms with van der Waals surface area (Å²) in [6, 6.07) is 9.49. The van der Waals surface area contributed by atoms with Gasteiger partial charge in [-0.15, -0.1) is 0 Å². The van der Waals surface area contributed by atoms with E-state index in [-0.39, 0.29) is 44.8 Å². The molecule has 0 aliphatic rings. The lowest BCUT2D eigenvalue weighted by Crippen LogP contribution is -2.04. The summed E-state index contributed by atoms with van der Waals surface area (Å²) in [5.74, 6) is 0.191. The molecule has 0 amide bonds. The van der Waals surface area contributed by atoms with Gasteiger partial charge in [0, 0.05) is 11.6 Å². The van der Waals surface area contributed by atoms with Crippen molar-refractivity contribution in [3.05, 3.63) is 57.9 Å². The number of hydrogen-bond acceptors (Lipinski definition) is 5. The number of nitrogens with two attached hydrogens (primary N) is 1. The zero-order valence-electron chi connectivity index (χ0n) is 13.8. The van der Waals surface area contributed by atoms with Gasteiger partial charge in [0.15, 0.2) is 5.82 Å². The molecule has 0 aliphatic carbocycles. The van der Waals surface area contributed by atoms with Gasteiger partial charge in [-0.2, -0.15) is 28.8 Å². The van der Waals surface area contributed by atoms with Crippen molar-refractivity contribution in [1.29, 1.82) is 10.5 Å². The number of aromatic nitrogens is 2. The minimum absolute atomic E-state index is 0.000465. The average Bonchev–Trinajstić information content (AvgIpc) is 3.25. The molecule has 28 heavy (non-hydrogen) atoms. The molecule has 0 aliphatic heterocycles. The maximum atomic E-state index is 12.9. The van der Waals surface area contributed by atoms with Gasteiger partial charge in [-0.3, -0.25) is 5.10 Å². The fraction of sp³-hybridized carbons (Fsp3) is 0.0556. The number of anilines is 1. The Balaban J connectivity index is 2.02. The first-order valence-corrected chi connectivity index (χ1v) is 7.95. The van der Waals surface area contributed by atoms with Gasteiger partial charge < -0.3 is 10.2 Å². The Labute approximate surface area is 161 Å².